The summed E-state index contributed by atoms with van der Waals surface area (Å²) in [6.07, 6.45) is 6.06. The zero-order valence-electron chi connectivity index (χ0n) is 6.96. The van der Waals surface area contributed by atoms with E-state index in [2.05, 4.69) is 13.0 Å². The molecule has 2 nitrogen and oxygen atoms in total. The van der Waals surface area contributed by atoms with Gasteiger partial charge < -0.3 is 9.47 Å². The molecule has 10 heavy (non-hydrogen) atoms. The average molecular weight is 144 g/mol. The fourth-order valence-corrected chi connectivity index (χ4v) is 0.627. The number of unbranched alkanes of at least 4 members (excludes halogenated alkanes) is 1. The molecule has 0 radical (unpaired) electrons. The minimum atomic E-state index is -0.174. The number of ether oxygens (including phenoxy) is 2. The van der Waals surface area contributed by atoms with E-state index in [4.69, 9.17) is 9.47 Å². The van der Waals surface area contributed by atoms with Gasteiger partial charge in [-0.2, -0.15) is 0 Å². The Bertz CT molecular complexity index is 85.3. The Morgan fingerprint density at radius 2 is 1.90 bits per heavy atom. The van der Waals surface area contributed by atoms with E-state index in [0.29, 0.717) is 0 Å². The van der Waals surface area contributed by atoms with Crippen molar-refractivity contribution in [3.8, 4) is 0 Å². The Hall–Kier alpha value is -0.340. The molecule has 0 spiro atoms. The van der Waals surface area contributed by atoms with Gasteiger partial charge in [-0.05, 0) is 12.5 Å². The molecular weight excluding hydrogens is 128 g/mol. The van der Waals surface area contributed by atoms with E-state index >= 15 is 0 Å². The lowest BCUT2D eigenvalue weighted by atomic mass is 10.3. The fourth-order valence-electron chi connectivity index (χ4n) is 0.627. The molecule has 2 heteroatoms. The zero-order chi connectivity index (χ0) is 7.82. The first-order chi connectivity index (χ1) is 4.85. The Kier molecular flexibility index (Phi) is 6.55. The van der Waals surface area contributed by atoms with Crippen LogP contribution in [0.15, 0.2) is 12.2 Å². The lowest BCUT2D eigenvalue weighted by Crippen LogP contribution is -2.08. The van der Waals surface area contributed by atoms with Gasteiger partial charge >= 0.3 is 0 Å². The van der Waals surface area contributed by atoms with Crippen LogP contribution in [0.5, 0.6) is 0 Å². The molecule has 0 bridgehead atoms. The summed E-state index contributed by atoms with van der Waals surface area (Å²) < 4.78 is 9.87. The van der Waals surface area contributed by atoms with Crippen molar-refractivity contribution in [1.29, 1.82) is 0 Å². The summed E-state index contributed by atoms with van der Waals surface area (Å²) in [5.74, 6) is 0. The average Bonchev–Trinajstić information content (AvgIpc) is 1.99. The monoisotopic (exact) mass is 144 g/mol. The third-order valence-electron chi connectivity index (χ3n) is 1.21. The molecular formula is C8H16O2. The van der Waals surface area contributed by atoms with Crippen LogP contribution in [0, 0.1) is 0 Å². The lowest BCUT2D eigenvalue weighted by molar-refractivity contribution is -0.0667. The van der Waals surface area contributed by atoms with Crippen molar-refractivity contribution < 1.29 is 9.47 Å². The first-order valence-electron chi connectivity index (χ1n) is 3.57. The van der Waals surface area contributed by atoms with Gasteiger partial charge in [-0.3, -0.25) is 0 Å². The third kappa shape index (κ3) is 4.53. The van der Waals surface area contributed by atoms with Gasteiger partial charge in [0.25, 0.3) is 0 Å². The minimum Gasteiger partial charge on any atom is -0.352 e. The fraction of sp³-hybridized carbons (Fsp3) is 0.750. The Morgan fingerprint density at radius 3 is 2.30 bits per heavy atom. The second kappa shape index (κ2) is 6.78. The standard InChI is InChI=1S/C8H16O2/c1-4-5-6-7-8(9-2)10-3/h6-8H,4-5H2,1-3H3/b7-6+. The minimum absolute atomic E-state index is 0.174. The van der Waals surface area contributed by atoms with E-state index in [-0.39, 0.29) is 6.29 Å². The number of rotatable bonds is 5. The quantitative estimate of drug-likeness (QED) is 0.434. The number of hydrogen-bond acceptors (Lipinski definition) is 2. The number of allylic oxidation sites excluding steroid dienone is 1. The molecule has 0 fully saturated rings. The Balaban J connectivity index is 3.40. The maximum atomic E-state index is 4.94. The summed E-state index contributed by atoms with van der Waals surface area (Å²) >= 11 is 0. The van der Waals surface area contributed by atoms with Crippen LogP contribution in [0.2, 0.25) is 0 Å². The molecule has 0 aliphatic rings. The molecule has 0 heterocycles. The van der Waals surface area contributed by atoms with Gasteiger partial charge in [-0.1, -0.05) is 19.4 Å². The van der Waals surface area contributed by atoms with Gasteiger partial charge in [0.2, 0.25) is 0 Å². The predicted molar refractivity (Wildman–Crippen MR) is 41.9 cm³/mol. The first-order valence-corrected chi connectivity index (χ1v) is 3.57. The molecule has 0 aromatic carbocycles. The van der Waals surface area contributed by atoms with Crippen molar-refractivity contribution in [1.82, 2.24) is 0 Å². The lowest BCUT2D eigenvalue weighted by Gasteiger charge is -2.06. The zero-order valence-corrected chi connectivity index (χ0v) is 6.96. The van der Waals surface area contributed by atoms with Gasteiger partial charge in [-0.15, -0.1) is 0 Å². The molecule has 0 unspecified atom stereocenters. The van der Waals surface area contributed by atoms with Gasteiger partial charge in [-0.25, -0.2) is 0 Å². The summed E-state index contributed by atoms with van der Waals surface area (Å²) in [4.78, 5) is 0. The molecule has 0 amide bonds. The molecule has 0 saturated carbocycles. The van der Waals surface area contributed by atoms with E-state index in [1.165, 1.54) is 0 Å². The van der Waals surface area contributed by atoms with E-state index in [0.717, 1.165) is 12.8 Å². The maximum Gasteiger partial charge on any atom is 0.176 e. The number of methoxy groups -OCH3 is 2. The molecule has 0 N–H and O–H groups in total. The molecule has 0 rings (SSSR count). The summed E-state index contributed by atoms with van der Waals surface area (Å²) in [6.45, 7) is 2.14. The van der Waals surface area contributed by atoms with E-state index in [9.17, 15) is 0 Å². The smallest absolute Gasteiger partial charge is 0.176 e. The van der Waals surface area contributed by atoms with Crippen LogP contribution in [-0.4, -0.2) is 20.5 Å². The van der Waals surface area contributed by atoms with Crippen LogP contribution in [0.1, 0.15) is 19.8 Å². The molecule has 0 aromatic rings. The van der Waals surface area contributed by atoms with E-state index in [1.807, 2.05) is 6.08 Å². The van der Waals surface area contributed by atoms with Crippen LogP contribution >= 0.6 is 0 Å². The topological polar surface area (TPSA) is 18.5 Å². The summed E-state index contributed by atoms with van der Waals surface area (Å²) in [5.41, 5.74) is 0. The molecule has 0 aromatic heterocycles. The summed E-state index contributed by atoms with van der Waals surface area (Å²) in [5, 5.41) is 0. The van der Waals surface area contributed by atoms with Crippen LogP contribution in [-0.2, 0) is 9.47 Å². The van der Waals surface area contributed by atoms with Crippen molar-refractivity contribution in [3.63, 3.8) is 0 Å². The second-order valence-electron chi connectivity index (χ2n) is 2.06. The highest BCUT2D eigenvalue weighted by molar-refractivity contribution is 4.84. The number of hydrogen-bond donors (Lipinski definition) is 0. The summed E-state index contributed by atoms with van der Waals surface area (Å²) in [7, 11) is 3.26. The van der Waals surface area contributed by atoms with Gasteiger partial charge in [0.15, 0.2) is 6.29 Å². The highest BCUT2D eigenvalue weighted by Crippen LogP contribution is 1.95. The van der Waals surface area contributed by atoms with Crippen molar-refractivity contribution in [2.24, 2.45) is 0 Å². The van der Waals surface area contributed by atoms with Crippen LogP contribution in [0.3, 0.4) is 0 Å². The highest BCUT2D eigenvalue weighted by Gasteiger charge is 1.95. The Labute approximate surface area is 62.8 Å². The van der Waals surface area contributed by atoms with E-state index < -0.39 is 0 Å². The van der Waals surface area contributed by atoms with E-state index in [1.54, 1.807) is 14.2 Å². The Morgan fingerprint density at radius 1 is 1.30 bits per heavy atom. The molecule has 0 aliphatic carbocycles. The van der Waals surface area contributed by atoms with Gasteiger partial charge in [0.1, 0.15) is 0 Å². The molecule has 0 saturated heterocycles. The molecule has 60 valence electrons. The predicted octanol–water partition coefficient (Wildman–Crippen LogP) is 1.96. The largest absolute Gasteiger partial charge is 0.352 e. The van der Waals surface area contributed by atoms with Crippen molar-refractivity contribution in [2.45, 2.75) is 26.1 Å². The first kappa shape index (κ1) is 9.66. The summed E-state index contributed by atoms with van der Waals surface area (Å²) in [6, 6.07) is 0. The molecule has 0 atom stereocenters. The highest BCUT2D eigenvalue weighted by atomic mass is 16.7. The normalized spacial score (nSPS) is 11.6. The SMILES string of the molecule is CCC/C=C/C(OC)OC. The van der Waals surface area contributed by atoms with Crippen molar-refractivity contribution in [3.05, 3.63) is 12.2 Å². The third-order valence-corrected chi connectivity index (χ3v) is 1.21. The van der Waals surface area contributed by atoms with Crippen LogP contribution in [0.25, 0.3) is 0 Å². The second-order valence-corrected chi connectivity index (χ2v) is 2.06. The van der Waals surface area contributed by atoms with Gasteiger partial charge in [0, 0.05) is 14.2 Å². The molecule has 0 aliphatic heterocycles. The maximum absolute atomic E-state index is 4.94. The van der Waals surface area contributed by atoms with Crippen molar-refractivity contribution >= 4 is 0 Å². The van der Waals surface area contributed by atoms with Gasteiger partial charge in [0.05, 0.1) is 0 Å². The van der Waals surface area contributed by atoms with Crippen LogP contribution < -0.4 is 0 Å². The van der Waals surface area contributed by atoms with Crippen molar-refractivity contribution in [2.75, 3.05) is 14.2 Å². The van der Waals surface area contributed by atoms with Crippen LogP contribution in [0.4, 0.5) is 0 Å².